The Labute approximate surface area is 269 Å². The third kappa shape index (κ3) is 9.41. The van der Waals surface area contributed by atoms with Crippen molar-refractivity contribution in [1.82, 2.24) is 9.80 Å². The van der Waals surface area contributed by atoms with Gasteiger partial charge in [0.05, 0.1) is 36.4 Å². The number of piperazine rings is 1. The number of likely N-dealkylation sites (N-methyl/N-ethyl adjacent to an activating group) is 1. The van der Waals surface area contributed by atoms with Gasteiger partial charge in [0.15, 0.2) is 0 Å². The highest BCUT2D eigenvalue weighted by atomic mass is 16.6. The average molecular weight is 633 g/mol. The van der Waals surface area contributed by atoms with Crippen LogP contribution in [-0.2, 0) is 19.0 Å². The van der Waals surface area contributed by atoms with Crippen molar-refractivity contribution in [3.63, 3.8) is 0 Å². The Hall–Kier alpha value is -2.24. The van der Waals surface area contributed by atoms with Crippen LogP contribution < -0.4 is 0 Å². The molecule has 2 bridgehead atoms. The maximum Gasteiger partial charge on any atom is 0.410 e. The molecule has 0 aliphatic carbocycles. The number of ether oxygens (including phenoxy) is 3. The molecule has 3 N–H and O–H groups in total. The van der Waals surface area contributed by atoms with Gasteiger partial charge in [-0.3, -0.25) is 9.69 Å². The summed E-state index contributed by atoms with van der Waals surface area (Å²) >= 11 is 0. The minimum Gasteiger partial charge on any atom is -0.457 e. The number of epoxide rings is 1. The number of hydrogen-bond donors (Lipinski definition) is 3. The molecule has 0 saturated carbocycles. The molecule has 3 saturated heterocycles. The summed E-state index contributed by atoms with van der Waals surface area (Å²) in [6.45, 7) is 13.0. The zero-order valence-electron chi connectivity index (χ0n) is 28.2. The Morgan fingerprint density at radius 2 is 1.96 bits per heavy atom. The molecule has 0 aromatic heterocycles. The number of fused-ring (bicyclic) bond motifs is 2. The van der Waals surface area contributed by atoms with Gasteiger partial charge in [-0.2, -0.15) is 0 Å². The molecule has 10 nitrogen and oxygen atoms in total. The maximum absolute atomic E-state index is 13.2. The fraction of sp³-hybridized carbons (Fsp3) is 0.771. The summed E-state index contributed by atoms with van der Waals surface area (Å²) in [5.74, 6) is -0.752. The first-order valence-corrected chi connectivity index (χ1v) is 16.8. The van der Waals surface area contributed by atoms with Crippen LogP contribution in [0.5, 0.6) is 0 Å². The van der Waals surface area contributed by atoms with E-state index < -0.39 is 36.0 Å². The second-order valence-electron chi connectivity index (χ2n) is 14.4. The number of likely N-dealkylation sites (tertiary alicyclic amines) is 2. The molecule has 254 valence electrons. The summed E-state index contributed by atoms with van der Waals surface area (Å²) in [7, 11) is 2.09. The quantitative estimate of drug-likeness (QED) is 0.149. The van der Waals surface area contributed by atoms with Crippen molar-refractivity contribution in [1.29, 1.82) is 0 Å². The van der Waals surface area contributed by atoms with Crippen LogP contribution in [0.25, 0.3) is 0 Å². The molecule has 45 heavy (non-hydrogen) atoms. The number of aliphatic hydroxyl groups excluding tert-OH is 2. The highest BCUT2D eigenvalue weighted by Crippen LogP contribution is 2.38. The first kappa shape index (κ1) is 35.6. The topological polar surface area (TPSA) is 132 Å². The lowest BCUT2D eigenvalue weighted by Gasteiger charge is -2.33. The van der Waals surface area contributed by atoms with Crippen LogP contribution in [-0.4, -0.2) is 112 Å². The highest BCUT2D eigenvalue weighted by Gasteiger charge is 2.47. The molecule has 3 fully saturated rings. The van der Waals surface area contributed by atoms with Gasteiger partial charge in [0, 0.05) is 43.4 Å². The molecule has 12 atom stereocenters. The van der Waals surface area contributed by atoms with Crippen molar-refractivity contribution >= 4 is 12.1 Å². The average Bonchev–Trinajstić information content (AvgIpc) is 3.44. The van der Waals surface area contributed by atoms with Crippen LogP contribution in [0, 0.1) is 17.8 Å². The summed E-state index contributed by atoms with van der Waals surface area (Å²) in [5, 5.41) is 31.7. The van der Waals surface area contributed by atoms with Gasteiger partial charge >= 0.3 is 12.1 Å². The first-order chi connectivity index (χ1) is 21.2. The van der Waals surface area contributed by atoms with Crippen LogP contribution in [0.4, 0.5) is 4.79 Å². The molecule has 4 rings (SSSR count). The van der Waals surface area contributed by atoms with Gasteiger partial charge < -0.3 is 34.4 Å². The number of allylic oxidation sites excluding steroid dienone is 2. The van der Waals surface area contributed by atoms with E-state index in [0.29, 0.717) is 38.3 Å². The fourth-order valence-corrected chi connectivity index (χ4v) is 7.07. The molecule has 10 heteroatoms. The lowest BCUT2D eigenvalue weighted by molar-refractivity contribution is -0.151. The van der Waals surface area contributed by atoms with Crippen LogP contribution in [0.1, 0.15) is 80.1 Å². The number of rotatable bonds is 9. The van der Waals surface area contributed by atoms with Crippen molar-refractivity contribution in [2.24, 2.45) is 17.8 Å². The van der Waals surface area contributed by atoms with E-state index in [1.165, 1.54) is 0 Å². The number of esters is 1. The number of hydrogen-bond acceptors (Lipinski definition) is 9. The minimum absolute atomic E-state index is 0.00853. The molecule has 0 spiro atoms. The summed E-state index contributed by atoms with van der Waals surface area (Å²) in [6, 6.07) is 0.562. The van der Waals surface area contributed by atoms with Gasteiger partial charge in [-0.05, 0) is 64.1 Å². The van der Waals surface area contributed by atoms with E-state index in [9.17, 15) is 24.9 Å². The van der Waals surface area contributed by atoms with Crippen LogP contribution in [0.15, 0.2) is 36.0 Å². The highest BCUT2D eigenvalue weighted by molar-refractivity contribution is 5.70. The second-order valence-corrected chi connectivity index (χ2v) is 14.4. The lowest BCUT2D eigenvalue weighted by Crippen LogP contribution is -2.48. The molecular formula is C35H56N2O8. The standard InChI is InChI=1S/C35H56N2O8/c1-8-28(39)24(5)33-30(43-33)18-35(6,42)15-9-10-22(3)32-23(4)12-14-29(21(2)11-13-27(38)17-31(40)45-32)44-34(41)37-20-25-16-26(37)19-36(25)7/h9-10,12,14-15,21,23-30,32-33,38-39,42H,8,11,13,16-20H2,1-7H3/b14-12+,15-9+,22-10+/t21?,23?,24?,25-,26?,27?,28?,29?,30?,32?,33?,35?/m0/s1. The number of carbonyl (C=O) groups excluding carboxylic acids is 2. The Bertz CT molecular complexity index is 1120. The van der Waals surface area contributed by atoms with Gasteiger partial charge in [0.25, 0.3) is 0 Å². The monoisotopic (exact) mass is 632 g/mol. The zero-order valence-corrected chi connectivity index (χ0v) is 28.2. The van der Waals surface area contributed by atoms with Gasteiger partial charge in [0.1, 0.15) is 12.2 Å². The molecule has 1 amide bonds. The minimum atomic E-state index is -1.12. The molecule has 4 heterocycles. The summed E-state index contributed by atoms with van der Waals surface area (Å²) in [5.41, 5.74) is -0.346. The molecule has 0 aromatic carbocycles. The van der Waals surface area contributed by atoms with Crippen molar-refractivity contribution in [2.45, 2.75) is 134 Å². The number of aliphatic hydroxyl groups is 3. The Morgan fingerprint density at radius 3 is 2.60 bits per heavy atom. The van der Waals surface area contributed by atoms with Crippen LogP contribution >= 0.6 is 0 Å². The summed E-state index contributed by atoms with van der Waals surface area (Å²) in [4.78, 5) is 30.2. The van der Waals surface area contributed by atoms with Crippen LogP contribution in [0.2, 0.25) is 0 Å². The maximum atomic E-state index is 13.2. The van der Waals surface area contributed by atoms with E-state index in [1.807, 2.05) is 57.7 Å². The van der Waals surface area contributed by atoms with Crippen molar-refractivity contribution < 1.29 is 39.1 Å². The van der Waals surface area contributed by atoms with Crippen LogP contribution in [0.3, 0.4) is 0 Å². The Balaban J connectivity index is 1.43. The van der Waals surface area contributed by atoms with E-state index in [0.717, 1.165) is 18.5 Å². The molecule has 0 radical (unpaired) electrons. The predicted octanol–water partition coefficient (Wildman–Crippen LogP) is 3.98. The Morgan fingerprint density at radius 1 is 1.22 bits per heavy atom. The third-order valence-electron chi connectivity index (χ3n) is 10.3. The van der Waals surface area contributed by atoms with Crippen molar-refractivity contribution in [2.75, 3.05) is 20.1 Å². The van der Waals surface area contributed by atoms with Crippen molar-refractivity contribution in [3.8, 4) is 0 Å². The van der Waals surface area contributed by atoms with Gasteiger partial charge in [-0.1, -0.05) is 52.0 Å². The number of nitrogens with zero attached hydrogens (tertiary/aromatic N) is 2. The van der Waals surface area contributed by atoms with Gasteiger partial charge in [-0.25, -0.2) is 4.79 Å². The second kappa shape index (κ2) is 15.1. The summed E-state index contributed by atoms with van der Waals surface area (Å²) in [6.07, 6.45) is 9.23. The zero-order chi connectivity index (χ0) is 33.1. The Kier molecular flexibility index (Phi) is 12.0. The van der Waals surface area contributed by atoms with Gasteiger partial charge in [0.2, 0.25) is 0 Å². The van der Waals surface area contributed by atoms with E-state index in [-0.39, 0.29) is 48.5 Å². The molecule has 11 unspecified atom stereocenters. The SMILES string of the molecule is CCC(O)C(C)C1OC1CC(C)(O)/C=C/C=C(\C)C1OC(=O)CC(O)CCC(C)C(OC(=O)N2C[C@@H]3CC2CN3C)/C=C/C1C. The predicted molar refractivity (Wildman–Crippen MR) is 171 cm³/mol. The normalized spacial score (nSPS) is 38.2. The number of carbonyl (C=O) groups is 2. The molecular weight excluding hydrogens is 576 g/mol. The third-order valence-corrected chi connectivity index (χ3v) is 10.3. The van der Waals surface area contributed by atoms with E-state index >= 15 is 0 Å². The van der Waals surface area contributed by atoms with E-state index in [2.05, 4.69) is 11.9 Å². The first-order valence-electron chi connectivity index (χ1n) is 16.8. The smallest absolute Gasteiger partial charge is 0.410 e. The van der Waals surface area contributed by atoms with Crippen molar-refractivity contribution in [3.05, 3.63) is 36.0 Å². The largest absolute Gasteiger partial charge is 0.457 e. The van der Waals surface area contributed by atoms with E-state index in [1.54, 1.807) is 19.1 Å². The summed E-state index contributed by atoms with van der Waals surface area (Å²) < 4.78 is 17.7. The molecule has 4 aliphatic heterocycles. The molecule has 4 aliphatic rings. The number of amides is 1. The fourth-order valence-electron chi connectivity index (χ4n) is 7.07. The van der Waals surface area contributed by atoms with Gasteiger partial charge in [-0.15, -0.1) is 0 Å². The van der Waals surface area contributed by atoms with E-state index in [4.69, 9.17) is 14.2 Å². The molecule has 0 aromatic rings. The lowest BCUT2D eigenvalue weighted by atomic mass is 9.91. The number of cyclic esters (lactones) is 1.